The summed E-state index contributed by atoms with van der Waals surface area (Å²) >= 11 is 0. The van der Waals surface area contributed by atoms with Gasteiger partial charge in [-0.3, -0.25) is 9.97 Å². The normalized spacial score (nSPS) is 13.0. The van der Waals surface area contributed by atoms with Crippen molar-refractivity contribution >= 4 is 54.4 Å². The van der Waals surface area contributed by atoms with Gasteiger partial charge < -0.3 is 4.57 Å². The summed E-state index contributed by atoms with van der Waals surface area (Å²) in [5.74, 6) is 0. The second kappa shape index (κ2) is 13.9. The van der Waals surface area contributed by atoms with Gasteiger partial charge in [-0.2, -0.15) is 0 Å². The molecule has 0 aliphatic heterocycles. The molecular weight excluding hydrogens is 775 g/mol. The van der Waals surface area contributed by atoms with Crippen LogP contribution in [0, 0.1) is 0 Å². The second-order valence-electron chi connectivity index (χ2n) is 17.8. The molecule has 2 heterocycles. The first-order valence-corrected chi connectivity index (χ1v) is 22.1. The molecule has 3 heteroatoms. The molecule has 0 fully saturated rings. The third kappa shape index (κ3) is 5.54. The van der Waals surface area contributed by atoms with Gasteiger partial charge in [-0.1, -0.05) is 166 Å². The largest absolute Gasteiger partial charge is 0.309 e. The van der Waals surface area contributed by atoms with E-state index in [1.54, 1.807) is 12.4 Å². The van der Waals surface area contributed by atoms with Gasteiger partial charge in [0, 0.05) is 45.0 Å². The fraction of sp³-hybridized carbons (Fsp3) is 0.0492. The van der Waals surface area contributed by atoms with E-state index in [0.717, 1.165) is 21.8 Å². The number of hydrogen-bond donors (Lipinski definition) is 0. The van der Waals surface area contributed by atoms with Crippen LogP contribution >= 0.6 is 0 Å². The number of benzene rings is 10. The van der Waals surface area contributed by atoms with Crippen molar-refractivity contribution in [2.45, 2.75) is 19.3 Å². The molecule has 0 N–H and O–H groups in total. The fourth-order valence-electron chi connectivity index (χ4n) is 10.6. The Morgan fingerprint density at radius 1 is 0.328 bits per heavy atom. The Balaban J connectivity index is 0.813. The zero-order valence-corrected chi connectivity index (χ0v) is 35.5. The van der Waals surface area contributed by atoms with E-state index in [9.17, 15) is 0 Å². The van der Waals surface area contributed by atoms with Crippen molar-refractivity contribution in [1.82, 2.24) is 14.5 Å². The quantitative estimate of drug-likeness (QED) is 0.162. The minimum atomic E-state index is -0.173. The molecule has 0 unspecified atom stereocenters. The lowest BCUT2D eigenvalue weighted by atomic mass is 9.80. The van der Waals surface area contributed by atoms with Gasteiger partial charge in [-0.05, 0) is 126 Å². The van der Waals surface area contributed by atoms with Crippen LogP contribution in [-0.4, -0.2) is 14.5 Å². The predicted molar refractivity (Wildman–Crippen MR) is 268 cm³/mol. The van der Waals surface area contributed by atoms with Gasteiger partial charge in [0.05, 0.1) is 22.1 Å². The molecule has 3 nitrogen and oxygen atoms in total. The lowest BCUT2D eigenvalue weighted by Crippen LogP contribution is -2.15. The van der Waals surface area contributed by atoms with Crippen LogP contribution in [0.1, 0.15) is 25.0 Å². The summed E-state index contributed by atoms with van der Waals surface area (Å²) in [7, 11) is 0. The Morgan fingerprint density at radius 2 is 0.797 bits per heavy atom. The van der Waals surface area contributed by atoms with Gasteiger partial charge in [-0.25, -0.2) is 0 Å². The lowest BCUT2D eigenvalue weighted by molar-refractivity contribution is 0.661. The average molecular weight is 816 g/mol. The van der Waals surface area contributed by atoms with Gasteiger partial charge >= 0.3 is 0 Å². The van der Waals surface area contributed by atoms with E-state index in [1.807, 2.05) is 0 Å². The van der Waals surface area contributed by atoms with Gasteiger partial charge in [-0.15, -0.1) is 0 Å². The summed E-state index contributed by atoms with van der Waals surface area (Å²) in [6, 6.07) is 73.7. The molecule has 0 spiro atoms. The molecule has 0 amide bonds. The summed E-state index contributed by atoms with van der Waals surface area (Å²) in [5, 5.41) is 7.21. The summed E-state index contributed by atoms with van der Waals surface area (Å²) in [5.41, 5.74) is 20.3. The molecule has 1 aliphatic carbocycles. The maximum atomic E-state index is 4.83. The number of hydrogen-bond acceptors (Lipinski definition) is 2. The molecule has 10 aromatic carbocycles. The topological polar surface area (TPSA) is 30.7 Å². The van der Waals surface area contributed by atoms with Crippen LogP contribution in [0.25, 0.3) is 116 Å². The summed E-state index contributed by atoms with van der Waals surface area (Å²) in [6.45, 7) is 4.75. The highest BCUT2D eigenvalue weighted by Gasteiger charge is 2.36. The first-order chi connectivity index (χ1) is 31.5. The van der Waals surface area contributed by atoms with Crippen molar-refractivity contribution in [3.05, 3.63) is 224 Å². The van der Waals surface area contributed by atoms with Crippen LogP contribution in [0.15, 0.2) is 213 Å². The predicted octanol–water partition coefficient (Wildman–Crippen LogP) is 16.0. The van der Waals surface area contributed by atoms with Crippen molar-refractivity contribution < 1.29 is 0 Å². The zero-order valence-electron chi connectivity index (χ0n) is 35.5. The number of nitrogens with zero attached hydrogens (tertiary/aromatic N) is 3. The molecule has 12 aromatic rings. The standard InChI is InChI=1S/C61H41N3/c1-61(2)55-35-43(24-28-49(55)50-29-25-44(36-56(50)61)42-23-27-48-47-15-6-7-17-53(47)59-60(54(48)34-42)63-32-31-62-59)41-12-10-11-40(33-41)38-19-21-39(22-20-38)45-26-30-52-51-16-8-9-18-57(51)64(58(52)37-45)46-13-4-3-5-14-46/h3-37H,1-2H3. The Labute approximate surface area is 371 Å². The second-order valence-corrected chi connectivity index (χ2v) is 17.8. The minimum Gasteiger partial charge on any atom is -0.309 e. The van der Waals surface area contributed by atoms with E-state index in [-0.39, 0.29) is 5.41 Å². The van der Waals surface area contributed by atoms with Gasteiger partial charge in [0.15, 0.2) is 0 Å². The number of fused-ring (bicyclic) bond motifs is 12. The zero-order chi connectivity index (χ0) is 42.5. The van der Waals surface area contributed by atoms with Crippen LogP contribution in [0.4, 0.5) is 0 Å². The lowest BCUT2D eigenvalue weighted by Gasteiger charge is -2.23. The van der Waals surface area contributed by atoms with E-state index in [0.29, 0.717) is 0 Å². The monoisotopic (exact) mass is 815 g/mol. The van der Waals surface area contributed by atoms with Crippen molar-refractivity contribution in [2.75, 3.05) is 0 Å². The first kappa shape index (κ1) is 36.5. The molecule has 0 saturated heterocycles. The highest BCUT2D eigenvalue weighted by Crippen LogP contribution is 2.51. The molecule has 2 aromatic heterocycles. The highest BCUT2D eigenvalue weighted by molar-refractivity contribution is 6.23. The van der Waals surface area contributed by atoms with E-state index in [2.05, 4.69) is 219 Å². The van der Waals surface area contributed by atoms with Crippen LogP contribution in [0.5, 0.6) is 0 Å². The number of rotatable bonds is 5. The molecule has 0 bridgehead atoms. The van der Waals surface area contributed by atoms with E-state index in [1.165, 1.54) is 105 Å². The van der Waals surface area contributed by atoms with E-state index < -0.39 is 0 Å². The Bertz CT molecular complexity index is 3820. The minimum absolute atomic E-state index is 0.173. The molecule has 1 aliphatic rings. The smallest absolute Gasteiger partial charge is 0.0971 e. The Hall–Kier alpha value is -8.14. The van der Waals surface area contributed by atoms with Gasteiger partial charge in [0.2, 0.25) is 0 Å². The van der Waals surface area contributed by atoms with E-state index >= 15 is 0 Å². The third-order valence-electron chi connectivity index (χ3n) is 13.9. The molecule has 64 heavy (non-hydrogen) atoms. The van der Waals surface area contributed by atoms with E-state index in [4.69, 9.17) is 9.97 Å². The molecule has 0 radical (unpaired) electrons. The van der Waals surface area contributed by atoms with Gasteiger partial charge in [0.1, 0.15) is 0 Å². The molecule has 0 saturated carbocycles. The maximum Gasteiger partial charge on any atom is 0.0971 e. The average Bonchev–Trinajstić information content (AvgIpc) is 3.81. The highest BCUT2D eigenvalue weighted by atomic mass is 15.0. The van der Waals surface area contributed by atoms with Crippen molar-refractivity contribution in [1.29, 1.82) is 0 Å². The summed E-state index contributed by atoms with van der Waals surface area (Å²) < 4.78 is 2.38. The van der Waals surface area contributed by atoms with Crippen LogP contribution in [0.2, 0.25) is 0 Å². The molecule has 300 valence electrons. The maximum absolute atomic E-state index is 4.83. The first-order valence-electron chi connectivity index (χ1n) is 22.1. The number of para-hydroxylation sites is 2. The SMILES string of the molecule is CC1(C)c2cc(-c3cccc(-c4ccc(-c5ccc6c7ccccc7n(-c7ccccc7)c6c5)cc4)c3)ccc2-c2ccc(-c3ccc4c5ccccc5c5nccnc5c4c3)cc21. The molecule has 13 rings (SSSR count). The number of aromatic nitrogens is 3. The van der Waals surface area contributed by atoms with Crippen LogP contribution < -0.4 is 0 Å². The Kier molecular flexibility index (Phi) is 7.95. The summed E-state index contributed by atoms with van der Waals surface area (Å²) in [4.78, 5) is 9.61. The third-order valence-corrected chi connectivity index (χ3v) is 13.9. The fourth-order valence-corrected chi connectivity index (χ4v) is 10.6. The molecule has 0 atom stereocenters. The van der Waals surface area contributed by atoms with Crippen molar-refractivity contribution in [3.63, 3.8) is 0 Å². The van der Waals surface area contributed by atoms with Gasteiger partial charge in [0.25, 0.3) is 0 Å². The Morgan fingerprint density at radius 3 is 1.48 bits per heavy atom. The van der Waals surface area contributed by atoms with Crippen molar-refractivity contribution in [2.24, 2.45) is 0 Å². The van der Waals surface area contributed by atoms with Crippen LogP contribution in [-0.2, 0) is 5.41 Å². The molecular formula is C61H41N3. The van der Waals surface area contributed by atoms with Crippen molar-refractivity contribution in [3.8, 4) is 61.3 Å². The van der Waals surface area contributed by atoms with Crippen LogP contribution in [0.3, 0.4) is 0 Å². The summed E-state index contributed by atoms with van der Waals surface area (Å²) in [6.07, 6.45) is 3.59.